The van der Waals surface area contributed by atoms with Gasteiger partial charge in [-0.25, -0.2) is 0 Å². The summed E-state index contributed by atoms with van der Waals surface area (Å²) in [6.45, 7) is 17.3. The molecule has 1 aliphatic heterocycles. The molecule has 49 heavy (non-hydrogen) atoms. The van der Waals surface area contributed by atoms with Crippen molar-refractivity contribution >= 4 is 11.8 Å². The van der Waals surface area contributed by atoms with Gasteiger partial charge in [0.1, 0.15) is 35.8 Å². The Balaban J connectivity index is 1.40. The number of Topliss-reactive ketones (excluding diaryl/α,β-unsaturated/α-hetero) is 1. The topological polar surface area (TPSA) is 183 Å². The van der Waals surface area contributed by atoms with Crippen molar-refractivity contribution in [3.05, 3.63) is 11.6 Å². The van der Waals surface area contributed by atoms with E-state index in [1.54, 1.807) is 0 Å². The quantitative estimate of drug-likeness (QED) is 0.154. The summed E-state index contributed by atoms with van der Waals surface area (Å²) in [4.78, 5) is 25.3. The van der Waals surface area contributed by atoms with Crippen LogP contribution in [0.3, 0.4) is 0 Å². The number of hydrogen-bond donors (Lipinski definition) is 6. The van der Waals surface area contributed by atoms with Crippen LogP contribution >= 0.6 is 0 Å². The summed E-state index contributed by atoms with van der Waals surface area (Å²) in [7, 11) is 0. The van der Waals surface area contributed by atoms with Gasteiger partial charge in [0.25, 0.3) is 0 Å². The Hall–Kier alpha value is -1.44. The van der Waals surface area contributed by atoms with Gasteiger partial charge in [-0.15, -0.1) is 0 Å². The number of allylic oxidation sites excluding steroid dienone is 1. The molecule has 280 valence electrons. The van der Waals surface area contributed by atoms with Crippen LogP contribution in [0.25, 0.3) is 0 Å². The number of aliphatic hydroxyl groups excluding tert-OH is 6. The minimum absolute atomic E-state index is 0.0136. The summed E-state index contributed by atoms with van der Waals surface area (Å²) in [5.41, 5.74) is -1.06. The zero-order chi connectivity index (χ0) is 36.6. The summed E-state index contributed by atoms with van der Waals surface area (Å²) in [6.07, 6.45) is -3.00. The lowest BCUT2D eigenvalue weighted by atomic mass is 9.39. The van der Waals surface area contributed by atoms with Crippen LogP contribution in [0.2, 0.25) is 0 Å². The number of fused-ring (bicyclic) bond motifs is 5. The van der Waals surface area contributed by atoms with Gasteiger partial charge in [-0.05, 0) is 80.5 Å². The minimum atomic E-state index is -1.58. The van der Waals surface area contributed by atoms with Gasteiger partial charge in [0.2, 0.25) is 0 Å². The molecule has 5 rings (SSSR count). The smallest absolute Gasteiger partial charge is 0.303 e. The number of carbonyl (C=O) groups is 2. The lowest BCUT2D eigenvalue weighted by Gasteiger charge is -2.66. The van der Waals surface area contributed by atoms with Gasteiger partial charge in [-0.3, -0.25) is 9.59 Å². The van der Waals surface area contributed by atoms with Crippen molar-refractivity contribution < 1.29 is 54.4 Å². The number of aliphatic hydroxyl groups is 6. The van der Waals surface area contributed by atoms with Gasteiger partial charge < -0.3 is 44.8 Å². The van der Waals surface area contributed by atoms with Crippen LogP contribution in [-0.2, 0) is 23.8 Å². The number of ether oxygens (including phenoxy) is 3. The Bertz CT molecular complexity index is 1290. The van der Waals surface area contributed by atoms with Crippen molar-refractivity contribution in [1.29, 1.82) is 0 Å². The lowest BCUT2D eigenvalue weighted by molar-refractivity contribution is -0.324. The van der Waals surface area contributed by atoms with Crippen molar-refractivity contribution in [2.45, 2.75) is 162 Å². The van der Waals surface area contributed by atoms with E-state index in [9.17, 15) is 40.2 Å². The van der Waals surface area contributed by atoms with E-state index in [1.165, 1.54) is 12.5 Å². The van der Waals surface area contributed by atoms with Crippen molar-refractivity contribution in [3.63, 3.8) is 0 Å². The fourth-order valence-corrected chi connectivity index (χ4v) is 11.5. The van der Waals surface area contributed by atoms with Crippen LogP contribution in [0, 0.1) is 45.3 Å². The first kappa shape index (κ1) is 38.8. The Morgan fingerprint density at radius 3 is 2.27 bits per heavy atom. The lowest BCUT2D eigenvalue weighted by Crippen LogP contribution is -2.63. The molecule has 15 atom stereocenters. The molecule has 3 saturated carbocycles. The molecule has 0 spiro atoms. The molecule has 0 radical (unpaired) electrons. The summed E-state index contributed by atoms with van der Waals surface area (Å²) in [5, 5.41) is 64.6. The summed E-state index contributed by atoms with van der Waals surface area (Å²) in [5.74, 6) is -0.698. The van der Waals surface area contributed by atoms with Gasteiger partial charge in [0, 0.05) is 30.6 Å². The average Bonchev–Trinajstić information content (AvgIpc) is 3.22. The normalized spacial score (nSPS) is 46.9. The van der Waals surface area contributed by atoms with Crippen LogP contribution in [0.1, 0.15) is 107 Å². The molecular weight excluding hydrogens is 632 g/mol. The van der Waals surface area contributed by atoms with Gasteiger partial charge in [0.05, 0.1) is 24.9 Å². The van der Waals surface area contributed by atoms with E-state index in [4.69, 9.17) is 14.2 Å². The van der Waals surface area contributed by atoms with Gasteiger partial charge >= 0.3 is 5.97 Å². The molecule has 1 heterocycles. The highest BCUT2D eigenvalue weighted by molar-refractivity contribution is 5.81. The minimum Gasteiger partial charge on any atom is -0.460 e. The third kappa shape index (κ3) is 6.26. The van der Waals surface area contributed by atoms with Crippen molar-refractivity contribution in [1.82, 2.24) is 0 Å². The monoisotopic (exact) mass is 694 g/mol. The van der Waals surface area contributed by atoms with E-state index in [0.717, 1.165) is 19.3 Å². The second-order valence-electron chi connectivity index (χ2n) is 18.0. The molecule has 0 aromatic carbocycles. The second-order valence-corrected chi connectivity index (χ2v) is 18.0. The summed E-state index contributed by atoms with van der Waals surface area (Å²) >= 11 is 0. The van der Waals surface area contributed by atoms with E-state index >= 15 is 0 Å². The van der Waals surface area contributed by atoms with Gasteiger partial charge in [-0.2, -0.15) is 0 Å². The van der Waals surface area contributed by atoms with E-state index < -0.39 is 66.6 Å². The molecule has 0 amide bonds. The SMILES string of the molecule is CC(=O)OC(C)(C)CCC(=O)[C@@H](C)[C@H]1[C@H](O)C[C@@]2(C)[C@@H]3CC=C4[C@@H](C[C@H](O[C@@H]5O[C@H](CO)[C@@H](O)[C@H](O)[C@H]5O)[C@H](O)C4(C)C)[C@]3(C)CC[C@]12C. The Morgan fingerprint density at radius 1 is 1.00 bits per heavy atom. The van der Waals surface area contributed by atoms with Crippen molar-refractivity contribution in [2.24, 2.45) is 45.3 Å². The highest BCUT2D eigenvalue weighted by atomic mass is 16.7. The van der Waals surface area contributed by atoms with Crippen LogP contribution in [0.4, 0.5) is 0 Å². The number of rotatable bonds is 9. The number of carbonyl (C=O) groups excluding carboxylic acids is 2. The van der Waals surface area contributed by atoms with Crippen LogP contribution in [0.15, 0.2) is 11.6 Å². The zero-order valence-corrected chi connectivity index (χ0v) is 30.9. The predicted octanol–water partition coefficient (Wildman–Crippen LogP) is 3.05. The van der Waals surface area contributed by atoms with Crippen molar-refractivity contribution in [2.75, 3.05) is 6.61 Å². The molecule has 0 aromatic rings. The van der Waals surface area contributed by atoms with Crippen molar-refractivity contribution in [3.8, 4) is 0 Å². The summed E-state index contributed by atoms with van der Waals surface area (Å²) < 4.78 is 17.4. The number of hydrogen-bond acceptors (Lipinski definition) is 11. The second kappa shape index (κ2) is 13.2. The molecule has 1 saturated heterocycles. The van der Waals surface area contributed by atoms with Gasteiger partial charge in [-0.1, -0.05) is 53.2 Å². The molecule has 11 heteroatoms. The molecular formula is C38H62O11. The predicted molar refractivity (Wildman–Crippen MR) is 180 cm³/mol. The maximum atomic E-state index is 13.7. The third-order valence-electron chi connectivity index (χ3n) is 14.5. The van der Waals surface area contributed by atoms with E-state index in [2.05, 4.69) is 26.8 Å². The first-order valence-electron chi connectivity index (χ1n) is 18.3. The Morgan fingerprint density at radius 2 is 1.65 bits per heavy atom. The molecule has 4 aliphatic carbocycles. The Kier molecular flexibility index (Phi) is 10.4. The average molecular weight is 695 g/mol. The fourth-order valence-electron chi connectivity index (χ4n) is 11.5. The van der Waals surface area contributed by atoms with E-state index in [-0.39, 0.29) is 58.1 Å². The largest absolute Gasteiger partial charge is 0.460 e. The molecule has 0 bridgehead atoms. The summed E-state index contributed by atoms with van der Waals surface area (Å²) in [6, 6.07) is 0. The van der Waals surface area contributed by atoms with E-state index in [0.29, 0.717) is 19.3 Å². The zero-order valence-electron chi connectivity index (χ0n) is 30.9. The maximum absolute atomic E-state index is 13.7. The molecule has 6 N–H and O–H groups in total. The molecule has 11 nitrogen and oxygen atoms in total. The first-order chi connectivity index (χ1) is 22.6. The van der Waals surface area contributed by atoms with Gasteiger partial charge in [0.15, 0.2) is 6.29 Å². The number of esters is 1. The van der Waals surface area contributed by atoms with Crippen LogP contribution in [0.5, 0.6) is 0 Å². The van der Waals surface area contributed by atoms with Crippen LogP contribution in [-0.4, -0.2) is 104 Å². The fraction of sp³-hybridized carbons (Fsp3) is 0.895. The highest BCUT2D eigenvalue weighted by Crippen LogP contribution is 2.75. The third-order valence-corrected chi connectivity index (χ3v) is 14.5. The maximum Gasteiger partial charge on any atom is 0.303 e. The standard InChI is InChI=1S/C38H62O11/c1-19(23(41)12-13-34(3,4)49-20(2)40)28-24(42)17-38(9)27-11-10-21-22(36(27,7)14-15-37(28,38)8)16-25(32(46)35(21,5)6)47-33-31(45)30(44)29(43)26(18-39)48-33/h10,19,22,24-33,39,42-46H,11-18H2,1-9H3/t19-,22-,24-,25+,26-,27-,28+,29-,30+,31-,32+,33-,36+,37-,38+/m1/s1. The molecule has 5 aliphatic rings. The van der Waals surface area contributed by atoms with E-state index in [1.807, 2.05) is 34.6 Å². The molecule has 0 aromatic heterocycles. The Labute approximate surface area is 291 Å². The van der Waals surface area contributed by atoms with Crippen LogP contribution < -0.4 is 0 Å². The number of ketones is 1. The molecule has 4 fully saturated rings. The first-order valence-corrected chi connectivity index (χ1v) is 18.3. The highest BCUT2D eigenvalue weighted by Gasteiger charge is 2.70. The molecule has 0 unspecified atom stereocenters.